The summed E-state index contributed by atoms with van der Waals surface area (Å²) in [5, 5.41) is 3.40. The van der Waals surface area contributed by atoms with Crippen LogP contribution in [0.2, 0.25) is 0 Å². The average molecular weight is 190 g/mol. The molecule has 0 atom stereocenters. The molecule has 0 aliphatic heterocycles. The summed E-state index contributed by atoms with van der Waals surface area (Å²) in [4.78, 5) is 0. The second-order valence-corrected chi connectivity index (χ2v) is 3.70. The first-order valence-corrected chi connectivity index (χ1v) is 3.86. The molecule has 0 aliphatic carbocycles. The quantitative estimate of drug-likeness (QED) is 0.676. The topological polar surface area (TPSA) is 27.1 Å². The lowest BCUT2D eigenvalue weighted by Crippen LogP contribution is -2.25. The van der Waals surface area contributed by atoms with Gasteiger partial charge in [-0.15, -0.1) is 5.10 Å². The third kappa shape index (κ3) is 1.64. The summed E-state index contributed by atoms with van der Waals surface area (Å²) in [5.74, 6) is -2.14. The van der Waals surface area contributed by atoms with Gasteiger partial charge in [-0.25, -0.2) is 4.68 Å². The molecule has 0 N–H and O–H groups in total. The zero-order valence-electron chi connectivity index (χ0n) is 8.06. The molecule has 1 rings (SSSR count). The number of methoxy groups -OCH3 is 1. The van der Waals surface area contributed by atoms with Gasteiger partial charge in [0, 0.05) is 0 Å². The van der Waals surface area contributed by atoms with Crippen LogP contribution in [0.25, 0.3) is 0 Å². The fourth-order valence-corrected chi connectivity index (χ4v) is 0.971. The van der Waals surface area contributed by atoms with E-state index >= 15 is 0 Å². The maximum atomic E-state index is 13.3. The second-order valence-electron chi connectivity index (χ2n) is 3.70. The Kier molecular flexibility index (Phi) is 2.28. The Morgan fingerprint density at radius 2 is 1.85 bits per heavy atom. The molecule has 74 valence electrons. The van der Waals surface area contributed by atoms with Crippen molar-refractivity contribution >= 4 is 0 Å². The first-order chi connectivity index (χ1) is 5.88. The molecule has 0 bridgehead atoms. The van der Waals surface area contributed by atoms with Crippen LogP contribution >= 0.6 is 0 Å². The summed E-state index contributed by atoms with van der Waals surface area (Å²) in [6, 6.07) is 0. The Hall–Kier alpha value is -1.13. The number of hydrogen-bond acceptors (Lipinski definition) is 2. The van der Waals surface area contributed by atoms with Crippen LogP contribution in [-0.4, -0.2) is 16.9 Å². The van der Waals surface area contributed by atoms with Crippen molar-refractivity contribution in [2.24, 2.45) is 0 Å². The molecule has 0 unspecified atom stereocenters. The molecule has 0 aliphatic rings. The van der Waals surface area contributed by atoms with Crippen molar-refractivity contribution in [3.63, 3.8) is 0 Å². The molecule has 1 aromatic heterocycles. The monoisotopic (exact) mass is 190 g/mol. The van der Waals surface area contributed by atoms with Gasteiger partial charge in [-0.3, -0.25) is 0 Å². The number of hydrogen-bond donors (Lipinski definition) is 0. The van der Waals surface area contributed by atoms with Crippen LogP contribution in [0.15, 0.2) is 0 Å². The van der Waals surface area contributed by atoms with Crippen LogP contribution in [0, 0.1) is 11.9 Å². The van der Waals surface area contributed by atoms with E-state index < -0.39 is 23.2 Å². The van der Waals surface area contributed by atoms with Crippen LogP contribution < -0.4 is 4.74 Å². The second kappa shape index (κ2) is 2.97. The average Bonchev–Trinajstić information content (AvgIpc) is 2.25. The molecule has 0 saturated heterocycles. The molecule has 5 heteroatoms. The minimum Gasteiger partial charge on any atom is -0.489 e. The summed E-state index contributed by atoms with van der Waals surface area (Å²) in [5.41, 5.74) is -0.596. The minimum atomic E-state index is -0.921. The van der Waals surface area contributed by atoms with E-state index in [1.54, 1.807) is 20.8 Å². The van der Waals surface area contributed by atoms with E-state index in [4.69, 9.17) is 0 Å². The van der Waals surface area contributed by atoms with Gasteiger partial charge < -0.3 is 4.74 Å². The van der Waals surface area contributed by atoms with Crippen molar-refractivity contribution in [1.82, 2.24) is 9.78 Å². The highest BCUT2D eigenvalue weighted by molar-refractivity contribution is 5.17. The van der Waals surface area contributed by atoms with E-state index in [-0.39, 0.29) is 0 Å². The molecule has 0 amide bonds. The molecule has 1 heterocycles. The lowest BCUT2D eigenvalue weighted by molar-refractivity contribution is 0.284. The van der Waals surface area contributed by atoms with Crippen LogP contribution in [0.5, 0.6) is 5.75 Å². The van der Waals surface area contributed by atoms with Crippen molar-refractivity contribution in [1.29, 1.82) is 0 Å². The van der Waals surface area contributed by atoms with E-state index in [0.29, 0.717) is 0 Å². The minimum absolute atomic E-state index is 0.435. The summed E-state index contributed by atoms with van der Waals surface area (Å²) >= 11 is 0. The number of aromatic nitrogens is 2. The lowest BCUT2D eigenvalue weighted by Gasteiger charge is -2.18. The normalized spacial score (nSPS) is 11.8. The fraction of sp³-hybridized carbons (Fsp3) is 0.625. The van der Waals surface area contributed by atoms with E-state index in [1.807, 2.05) is 0 Å². The summed E-state index contributed by atoms with van der Waals surface area (Å²) in [7, 11) is 1.20. The molecule has 0 saturated carbocycles. The smallest absolute Gasteiger partial charge is 0.277 e. The number of nitrogens with zero attached hydrogens (tertiary/aromatic N) is 2. The number of ether oxygens (including phenoxy) is 1. The Labute approximate surface area is 75.3 Å². The molecule has 1 aromatic rings. The van der Waals surface area contributed by atoms with Crippen LogP contribution in [0.4, 0.5) is 8.78 Å². The molecule has 0 radical (unpaired) electrons. The maximum absolute atomic E-state index is 13.3. The largest absolute Gasteiger partial charge is 0.489 e. The molecule has 0 spiro atoms. The van der Waals surface area contributed by atoms with Crippen LogP contribution in [0.1, 0.15) is 20.8 Å². The van der Waals surface area contributed by atoms with Crippen molar-refractivity contribution in [3.8, 4) is 5.75 Å². The van der Waals surface area contributed by atoms with Gasteiger partial charge in [-0.2, -0.15) is 8.78 Å². The third-order valence-electron chi connectivity index (χ3n) is 1.59. The zero-order valence-corrected chi connectivity index (χ0v) is 8.06. The van der Waals surface area contributed by atoms with E-state index in [9.17, 15) is 8.78 Å². The highest BCUT2D eigenvalue weighted by atomic mass is 19.1. The Morgan fingerprint density at radius 1 is 1.31 bits per heavy atom. The molecular weight excluding hydrogens is 178 g/mol. The zero-order chi connectivity index (χ0) is 10.2. The van der Waals surface area contributed by atoms with E-state index in [1.165, 1.54) is 7.11 Å². The van der Waals surface area contributed by atoms with Crippen molar-refractivity contribution < 1.29 is 13.5 Å². The van der Waals surface area contributed by atoms with Gasteiger partial charge in [-0.05, 0) is 20.8 Å². The van der Waals surface area contributed by atoms with Gasteiger partial charge in [0.05, 0.1) is 12.6 Å². The van der Waals surface area contributed by atoms with Gasteiger partial charge in [0.2, 0.25) is 5.75 Å². The number of halogens is 2. The molecule has 13 heavy (non-hydrogen) atoms. The van der Waals surface area contributed by atoms with E-state index in [2.05, 4.69) is 9.84 Å². The van der Waals surface area contributed by atoms with Gasteiger partial charge in [0.15, 0.2) is 0 Å². The van der Waals surface area contributed by atoms with Crippen molar-refractivity contribution in [2.45, 2.75) is 26.3 Å². The Balaban J connectivity index is 3.26. The molecule has 3 nitrogen and oxygen atoms in total. The SMILES string of the molecule is COc1c(F)nn(C(C)(C)C)c1F. The summed E-state index contributed by atoms with van der Waals surface area (Å²) < 4.78 is 31.7. The summed E-state index contributed by atoms with van der Waals surface area (Å²) in [6.45, 7) is 5.17. The predicted molar refractivity (Wildman–Crippen MR) is 43.7 cm³/mol. The molecule has 0 aromatic carbocycles. The van der Waals surface area contributed by atoms with Gasteiger partial charge in [0.25, 0.3) is 11.9 Å². The highest BCUT2D eigenvalue weighted by Crippen LogP contribution is 2.25. The van der Waals surface area contributed by atoms with Gasteiger partial charge in [-0.1, -0.05) is 0 Å². The summed E-state index contributed by atoms with van der Waals surface area (Å²) in [6.07, 6.45) is 0. The first kappa shape index (κ1) is 9.95. The molecular formula is C8H12F2N2O. The number of rotatable bonds is 1. The fourth-order valence-electron chi connectivity index (χ4n) is 0.971. The standard InChI is InChI=1S/C8H12F2N2O/c1-8(2,3)12-7(10)5(13-4)6(9)11-12/h1-4H3. The van der Waals surface area contributed by atoms with Crippen molar-refractivity contribution in [2.75, 3.05) is 7.11 Å². The van der Waals surface area contributed by atoms with Crippen LogP contribution in [0.3, 0.4) is 0 Å². The lowest BCUT2D eigenvalue weighted by atomic mass is 10.1. The maximum Gasteiger partial charge on any atom is 0.277 e. The molecule has 0 fully saturated rings. The van der Waals surface area contributed by atoms with Gasteiger partial charge >= 0.3 is 0 Å². The Bertz CT molecular complexity index is 315. The first-order valence-electron chi connectivity index (χ1n) is 3.86. The predicted octanol–water partition coefficient (Wildman–Crippen LogP) is 1.92. The Morgan fingerprint density at radius 3 is 2.08 bits per heavy atom. The highest BCUT2D eigenvalue weighted by Gasteiger charge is 2.25. The van der Waals surface area contributed by atoms with E-state index in [0.717, 1.165) is 4.68 Å². The van der Waals surface area contributed by atoms with Crippen molar-refractivity contribution in [3.05, 3.63) is 11.9 Å². The van der Waals surface area contributed by atoms with Crippen LogP contribution in [-0.2, 0) is 5.54 Å². The van der Waals surface area contributed by atoms with Gasteiger partial charge in [0.1, 0.15) is 0 Å². The third-order valence-corrected chi connectivity index (χ3v) is 1.59.